The summed E-state index contributed by atoms with van der Waals surface area (Å²) in [6, 6.07) is 0. The van der Waals surface area contributed by atoms with Gasteiger partial charge >= 0.3 is 5.97 Å². The monoisotopic (exact) mass is 473 g/mol. The van der Waals surface area contributed by atoms with Crippen LogP contribution in [-0.2, 0) is 9.53 Å². The average molecular weight is 474 g/mol. The lowest BCUT2D eigenvalue weighted by Gasteiger charge is -2.60. The van der Waals surface area contributed by atoms with Crippen molar-refractivity contribution in [3.63, 3.8) is 0 Å². The van der Waals surface area contributed by atoms with Crippen LogP contribution in [0.15, 0.2) is 16.8 Å². The first-order chi connectivity index (χ1) is 16.0. The number of esters is 1. The molecule has 0 unspecified atom stereocenters. The van der Waals surface area contributed by atoms with Gasteiger partial charge in [-0.1, -0.05) is 64.6 Å². The number of hydrogen-bond acceptors (Lipinski definition) is 5. The van der Waals surface area contributed by atoms with Gasteiger partial charge in [-0.05, 0) is 79.6 Å². The third-order valence-corrected chi connectivity index (χ3v) is 10.7. The quantitative estimate of drug-likeness (QED) is 0.262. The zero-order valence-corrected chi connectivity index (χ0v) is 22.3. The Balaban J connectivity index is 1.61. The van der Waals surface area contributed by atoms with E-state index in [1.807, 2.05) is 6.08 Å². The summed E-state index contributed by atoms with van der Waals surface area (Å²) >= 11 is 0. The van der Waals surface area contributed by atoms with Crippen LogP contribution in [0.2, 0.25) is 0 Å². The van der Waals surface area contributed by atoms with Crippen molar-refractivity contribution in [1.29, 1.82) is 0 Å². The number of fused-ring (bicyclic) bond motifs is 5. The summed E-state index contributed by atoms with van der Waals surface area (Å²) in [7, 11) is 0. The van der Waals surface area contributed by atoms with Crippen LogP contribution in [0.25, 0.3) is 0 Å². The van der Waals surface area contributed by atoms with Gasteiger partial charge in [0.05, 0.1) is 0 Å². The summed E-state index contributed by atoms with van der Waals surface area (Å²) in [5, 5.41) is 25.7. The van der Waals surface area contributed by atoms with Crippen LogP contribution in [0.3, 0.4) is 0 Å². The Kier molecular flexibility index (Phi) is 7.01. The highest BCUT2D eigenvalue weighted by molar-refractivity contribution is 6.04. The van der Waals surface area contributed by atoms with E-state index in [9.17, 15) is 15.1 Å². The van der Waals surface area contributed by atoms with Crippen molar-refractivity contribution in [2.75, 3.05) is 0 Å². The fraction of sp³-hybridized carbons (Fsp3) is 0.862. The fourth-order valence-corrected chi connectivity index (χ4v) is 8.82. The molecule has 5 heteroatoms. The molecule has 192 valence electrons. The second-order valence-electron chi connectivity index (χ2n) is 13.0. The Bertz CT molecular complexity index is 849. The maximum absolute atomic E-state index is 12.0. The first kappa shape index (κ1) is 25.7. The van der Waals surface area contributed by atoms with E-state index in [0.717, 1.165) is 37.0 Å². The molecule has 0 spiro atoms. The Hall–Kier alpha value is -1.36. The van der Waals surface area contributed by atoms with Gasteiger partial charge in [-0.3, -0.25) is 4.79 Å². The fourth-order valence-electron chi connectivity index (χ4n) is 8.82. The van der Waals surface area contributed by atoms with Gasteiger partial charge in [-0.25, -0.2) is 0 Å². The molecule has 0 aromatic rings. The van der Waals surface area contributed by atoms with E-state index in [-0.39, 0.29) is 23.4 Å². The summed E-state index contributed by atoms with van der Waals surface area (Å²) in [5.74, 6) is 2.69. The van der Waals surface area contributed by atoms with Crippen LogP contribution < -0.4 is 0 Å². The minimum Gasteiger partial charge on any atom is -0.462 e. The summed E-state index contributed by atoms with van der Waals surface area (Å²) in [4.78, 5) is 11.6. The predicted molar refractivity (Wildman–Crippen MR) is 135 cm³/mol. The maximum Gasteiger partial charge on any atom is 0.302 e. The lowest BCUT2D eigenvalue weighted by Crippen LogP contribution is -2.64. The normalized spacial score (nSPS) is 43.6. The van der Waals surface area contributed by atoms with Crippen LogP contribution in [0.4, 0.5) is 0 Å². The number of carbonyl (C=O) groups excluding carboxylic acids is 1. The van der Waals surface area contributed by atoms with Crippen molar-refractivity contribution in [2.24, 2.45) is 45.6 Å². The summed E-state index contributed by atoms with van der Waals surface area (Å²) in [6.07, 6.45) is 12.2. The first-order valence-corrected chi connectivity index (χ1v) is 13.8. The molecule has 0 amide bonds. The van der Waals surface area contributed by atoms with E-state index >= 15 is 0 Å². The van der Waals surface area contributed by atoms with E-state index in [1.165, 1.54) is 51.0 Å². The van der Waals surface area contributed by atoms with E-state index in [1.54, 1.807) is 0 Å². The second-order valence-corrected chi connectivity index (χ2v) is 13.0. The van der Waals surface area contributed by atoms with E-state index < -0.39 is 11.0 Å². The number of nitrogens with zero attached hydrogens (tertiary/aromatic N) is 1. The van der Waals surface area contributed by atoms with E-state index in [0.29, 0.717) is 18.1 Å². The molecule has 5 nitrogen and oxygen atoms in total. The summed E-state index contributed by atoms with van der Waals surface area (Å²) < 4.78 is 5.50. The molecule has 4 aliphatic carbocycles. The highest BCUT2D eigenvalue weighted by atomic mass is 16.5. The molecule has 0 heterocycles. The number of allylic oxidation sites excluding steroid dienone is 1. The third kappa shape index (κ3) is 4.04. The van der Waals surface area contributed by atoms with Gasteiger partial charge in [-0.15, -0.1) is 0 Å². The van der Waals surface area contributed by atoms with Gasteiger partial charge < -0.3 is 15.1 Å². The van der Waals surface area contributed by atoms with Crippen LogP contribution in [0.1, 0.15) is 106 Å². The molecule has 0 radical (unpaired) electrons. The van der Waals surface area contributed by atoms with Gasteiger partial charge in [0.15, 0.2) is 0 Å². The van der Waals surface area contributed by atoms with Crippen molar-refractivity contribution in [3.8, 4) is 0 Å². The van der Waals surface area contributed by atoms with Gasteiger partial charge in [0.1, 0.15) is 17.4 Å². The zero-order valence-electron chi connectivity index (χ0n) is 22.3. The second kappa shape index (κ2) is 9.26. The number of ether oxygens (including phenoxy) is 1. The van der Waals surface area contributed by atoms with Crippen molar-refractivity contribution in [1.82, 2.24) is 0 Å². The number of aliphatic hydroxyl groups is 1. The lowest BCUT2D eigenvalue weighted by atomic mass is 9.45. The maximum atomic E-state index is 12.0. The topological polar surface area (TPSA) is 79.1 Å². The van der Waals surface area contributed by atoms with Crippen LogP contribution in [-0.4, -0.2) is 33.7 Å². The predicted octanol–water partition coefficient (Wildman–Crippen LogP) is 6.51. The molecule has 4 rings (SSSR count). The highest BCUT2D eigenvalue weighted by Crippen LogP contribution is 2.67. The van der Waals surface area contributed by atoms with Crippen molar-refractivity contribution >= 4 is 11.7 Å². The number of oxime groups is 1. The van der Waals surface area contributed by atoms with Gasteiger partial charge in [-0.2, -0.15) is 0 Å². The van der Waals surface area contributed by atoms with Crippen molar-refractivity contribution in [2.45, 2.75) is 117 Å². The Labute approximate surface area is 206 Å². The largest absolute Gasteiger partial charge is 0.462 e. The molecule has 0 aromatic carbocycles. The molecule has 2 N–H and O–H groups in total. The van der Waals surface area contributed by atoms with Gasteiger partial charge in [0.2, 0.25) is 0 Å². The SMILES string of the molecule is CC(=O)O[C@H]1CC[C@]2(C)[C@H]3CC[C@]4(C)[C@@H]([C@H](C)CCCC(C)C)CC[C@H]4C3=C/C(=N\O)[C@@]2(O)C1. The molecular formula is C29H47NO4. The molecule has 4 aliphatic rings. The number of rotatable bonds is 6. The van der Waals surface area contributed by atoms with E-state index in [2.05, 4.69) is 39.8 Å². The van der Waals surface area contributed by atoms with Gasteiger partial charge in [0.25, 0.3) is 0 Å². The minimum absolute atomic E-state index is 0.279. The molecular weight excluding hydrogens is 426 g/mol. The Morgan fingerprint density at radius 3 is 2.50 bits per heavy atom. The third-order valence-electron chi connectivity index (χ3n) is 10.7. The molecule has 0 aliphatic heterocycles. The molecule has 8 atom stereocenters. The zero-order chi connectivity index (χ0) is 24.9. The molecule has 0 bridgehead atoms. The number of carbonyl (C=O) groups is 1. The summed E-state index contributed by atoms with van der Waals surface area (Å²) in [5.41, 5.74) is 0.384. The van der Waals surface area contributed by atoms with Crippen LogP contribution >= 0.6 is 0 Å². The lowest BCUT2D eigenvalue weighted by molar-refractivity contribution is -0.163. The summed E-state index contributed by atoms with van der Waals surface area (Å²) in [6.45, 7) is 13.2. The van der Waals surface area contributed by atoms with Crippen molar-refractivity contribution in [3.05, 3.63) is 11.6 Å². The average Bonchev–Trinajstić information content (AvgIpc) is 3.11. The highest BCUT2D eigenvalue weighted by Gasteiger charge is 2.65. The van der Waals surface area contributed by atoms with Crippen LogP contribution in [0.5, 0.6) is 0 Å². The van der Waals surface area contributed by atoms with Gasteiger partial charge in [0, 0.05) is 18.8 Å². The smallest absolute Gasteiger partial charge is 0.302 e. The number of hydrogen-bond donors (Lipinski definition) is 2. The molecule has 34 heavy (non-hydrogen) atoms. The molecule has 3 saturated carbocycles. The van der Waals surface area contributed by atoms with E-state index in [4.69, 9.17) is 4.74 Å². The van der Waals surface area contributed by atoms with Crippen molar-refractivity contribution < 1.29 is 19.8 Å². The standard InChI is InChI=1S/C29H47NO4/c1-18(2)8-7-9-19(3)23-10-11-24-22-16-26(30-33)29(32)17-21(34-20(4)31)12-15-28(29,6)25(22)13-14-27(23,24)5/h16,18-19,21,23-25,32-33H,7-15,17H2,1-6H3/b30-26+/t19-,21+,23-,24+,25+,27-,28-,29+/m1/s1. The minimum atomic E-state index is -1.27. The van der Waals surface area contributed by atoms with Crippen LogP contribution in [0, 0.1) is 40.4 Å². The molecule has 0 aromatic heterocycles. The molecule has 3 fully saturated rings. The Morgan fingerprint density at radius 2 is 1.85 bits per heavy atom. The molecule has 0 saturated heterocycles. The Morgan fingerprint density at radius 1 is 1.12 bits per heavy atom. The first-order valence-electron chi connectivity index (χ1n) is 13.8.